The molecule has 2 heterocycles. The Labute approximate surface area is 174 Å². The van der Waals surface area contributed by atoms with Crippen LogP contribution in [0.3, 0.4) is 0 Å². The van der Waals surface area contributed by atoms with Crippen molar-refractivity contribution in [2.24, 2.45) is 0 Å². The molecule has 154 valence electrons. The summed E-state index contributed by atoms with van der Waals surface area (Å²) in [5.74, 6) is -0.656. The summed E-state index contributed by atoms with van der Waals surface area (Å²) in [6.45, 7) is 3.30. The molecule has 1 aliphatic heterocycles. The molecular formula is C22H25NO5S. The number of benzene rings is 1. The van der Waals surface area contributed by atoms with Gasteiger partial charge in [-0.1, -0.05) is 31.5 Å². The summed E-state index contributed by atoms with van der Waals surface area (Å²) in [7, 11) is 1.54. The van der Waals surface area contributed by atoms with Crippen molar-refractivity contribution < 1.29 is 24.2 Å². The lowest BCUT2D eigenvalue weighted by molar-refractivity contribution is -0.130. The molecule has 1 atom stereocenters. The number of aliphatic hydroxyl groups excluding tert-OH is 1. The average molecular weight is 416 g/mol. The van der Waals surface area contributed by atoms with Crippen molar-refractivity contribution in [3.63, 3.8) is 0 Å². The van der Waals surface area contributed by atoms with Crippen LogP contribution in [0, 0.1) is 0 Å². The molecule has 0 fully saturated rings. The first-order chi connectivity index (χ1) is 14.1. The minimum absolute atomic E-state index is 0.105. The van der Waals surface area contributed by atoms with Crippen molar-refractivity contribution in [2.75, 3.05) is 26.9 Å². The van der Waals surface area contributed by atoms with Gasteiger partial charge in [0.25, 0.3) is 5.91 Å². The number of hydrogen-bond acceptors (Lipinski definition) is 6. The molecule has 1 amide bonds. The maximum atomic E-state index is 13.1. The van der Waals surface area contributed by atoms with E-state index >= 15 is 0 Å². The first-order valence-electron chi connectivity index (χ1n) is 9.62. The molecule has 0 saturated carbocycles. The van der Waals surface area contributed by atoms with Gasteiger partial charge in [0.2, 0.25) is 5.78 Å². The maximum absolute atomic E-state index is 13.1. The largest absolute Gasteiger partial charge is 0.503 e. The van der Waals surface area contributed by atoms with E-state index in [0.717, 1.165) is 24.2 Å². The van der Waals surface area contributed by atoms with Crippen LogP contribution in [-0.4, -0.2) is 48.6 Å². The predicted octanol–water partition coefficient (Wildman–Crippen LogP) is 4.15. The Morgan fingerprint density at radius 3 is 2.59 bits per heavy atom. The highest BCUT2D eigenvalue weighted by Crippen LogP contribution is 2.39. The first-order valence-corrected chi connectivity index (χ1v) is 10.5. The molecule has 1 unspecified atom stereocenters. The molecule has 0 aliphatic carbocycles. The molecule has 1 aromatic heterocycles. The van der Waals surface area contributed by atoms with Crippen molar-refractivity contribution in [3.05, 3.63) is 63.6 Å². The normalized spacial score (nSPS) is 16.6. The number of nitrogens with zero attached hydrogens (tertiary/aromatic N) is 1. The third-order valence-electron chi connectivity index (χ3n) is 4.79. The summed E-state index contributed by atoms with van der Waals surface area (Å²) in [6, 6.07) is 10.1. The molecule has 0 saturated heterocycles. The smallest absolute Gasteiger partial charge is 0.290 e. The van der Waals surface area contributed by atoms with E-state index in [4.69, 9.17) is 9.47 Å². The van der Waals surface area contributed by atoms with E-state index in [1.165, 1.54) is 16.2 Å². The number of aliphatic hydroxyl groups is 1. The number of carbonyl (C=O) groups is 2. The number of thiophene rings is 1. The zero-order valence-corrected chi connectivity index (χ0v) is 17.4. The zero-order chi connectivity index (χ0) is 20.8. The lowest BCUT2D eigenvalue weighted by atomic mass is 9.95. The van der Waals surface area contributed by atoms with Crippen LogP contribution in [0.5, 0.6) is 5.75 Å². The first kappa shape index (κ1) is 21.1. The molecule has 3 rings (SSSR count). The standard InChI is InChI=1S/C22H25NO5S/c1-3-4-12-28-16-9-7-15(8-10-16)19-18(20(24)17-6-5-14-29-17)21(25)22(26)23(19)11-13-27-2/h5-10,14,19,25H,3-4,11-13H2,1-2H3. The van der Waals surface area contributed by atoms with E-state index in [1.807, 2.05) is 24.3 Å². The van der Waals surface area contributed by atoms with E-state index in [0.29, 0.717) is 18.1 Å². The second-order valence-corrected chi connectivity index (χ2v) is 7.68. The number of ether oxygens (including phenoxy) is 2. The molecule has 6 nitrogen and oxygen atoms in total. The van der Waals surface area contributed by atoms with Crippen LogP contribution < -0.4 is 4.74 Å². The lowest BCUT2D eigenvalue weighted by Crippen LogP contribution is -2.33. The second kappa shape index (κ2) is 9.71. The fourth-order valence-electron chi connectivity index (χ4n) is 3.27. The quantitative estimate of drug-likeness (QED) is 0.466. The molecule has 1 aromatic carbocycles. The monoisotopic (exact) mass is 415 g/mol. The highest BCUT2D eigenvalue weighted by molar-refractivity contribution is 7.12. The molecule has 7 heteroatoms. The van der Waals surface area contributed by atoms with Crippen molar-refractivity contribution in [1.82, 2.24) is 4.90 Å². The Balaban J connectivity index is 1.93. The van der Waals surface area contributed by atoms with Crippen molar-refractivity contribution >= 4 is 23.0 Å². The van der Waals surface area contributed by atoms with Crippen LogP contribution in [-0.2, 0) is 9.53 Å². The third kappa shape index (κ3) is 4.52. The lowest BCUT2D eigenvalue weighted by Gasteiger charge is -2.26. The molecule has 2 aromatic rings. The van der Waals surface area contributed by atoms with Crippen LogP contribution in [0.4, 0.5) is 0 Å². The van der Waals surface area contributed by atoms with E-state index in [2.05, 4.69) is 6.92 Å². The Morgan fingerprint density at radius 1 is 1.21 bits per heavy atom. The minimum Gasteiger partial charge on any atom is -0.503 e. The van der Waals surface area contributed by atoms with Gasteiger partial charge in [0.05, 0.1) is 29.7 Å². The van der Waals surface area contributed by atoms with Crippen molar-refractivity contribution in [2.45, 2.75) is 25.8 Å². The summed E-state index contributed by atoms with van der Waals surface area (Å²) in [5.41, 5.74) is 0.842. The van der Waals surface area contributed by atoms with Crippen LogP contribution in [0.15, 0.2) is 53.1 Å². The summed E-state index contributed by atoms with van der Waals surface area (Å²) in [6.07, 6.45) is 2.02. The van der Waals surface area contributed by atoms with Gasteiger partial charge in [-0.05, 0) is 35.6 Å². The minimum atomic E-state index is -0.669. The van der Waals surface area contributed by atoms with Gasteiger partial charge in [-0.3, -0.25) is 9.59 Å². The van der Waals surface area contributed by atoms with Crippen LogP contribution in [0.1, 0.15) is 41.0 Å². The van der Waals surface area contributed by atoms with Crippen LogP contribution >= 0.6 is 11.3 Å². The molecule has 29 heavy (non-hydrogen) atoms. The average Bonchev–Trinajstić information content (AvgIpc) is 3.35. The molecule has 0 bridgehead atoms. The Kier molecular flexibility index (Phi) is 7.06. The fourth-order valence-corrected chi connectivity index (χ4v) is 3.95. The molecule has 1 aliphatic rings. The number of Topliss-reactive ketones (excluding diaryl/α,β-unsaturated/α-hetero) is 1. The molecular weight excluding hydrogens is 390 g/mol. The van der Waals surface area contributed by atoms with Gasteiger partial charge in [-0.25, -0.2) is 0 Å². The number of methoxy groups -OCH3 is 1. The third-order valence-corrected chi connectivity index (χ3v) is 5.66. The summed E-state index contributed by atoms with van der Waals surface area (Å²) in [5, 5.41) is 12.3. The summed E-state index contributed by atoms with van der Waals surface area (Å²) in [4.78, 5) is 27.7. The maximum Gasteiger partial charge on any atom is 0.290 e. The van der Waals surface area contributed by atoms with E-state index in [9.17, 15) is 14.7 Å². The van der Waals surface area contributed by atoms with E-state index < -0.39 is 17.7 Å². The second-order valence-electron chi connectivity index (χ2n) is 6.73. The number of unbranched alkanes of at least 4 members (excludes halogenated alkanes) is 1. The van der Waals surface area contributed by atoms with Crippen LogP contribution in [0.25, 0.3) is 0 Å². The van der Waals surface area contributed by atoms with Gasteiger partial charge in [0.15, 0.2) is 5.76 Å². The van der Waals surface area contributed by atoms with Crippen LogP contribution in [0.2, 0.25) is 0 Å². The molecule has 0 radical (unpaired) electrons. The van der Waals surface area contributed by atoms with E-state index in [1.54, 1.807) is 24.6 Å². The van der Waals surface area contributed by atoms with Gasteiger partial charge in [0.1, 0.15) is 5.75 Å². The predicted molar refractivity (Wildman–Crippen MR) is 111 cm³/mol. The van der Waals surface area contributed by atoms with Gasteiger partial charge >= 0.3 is 0 Å². The van der Waals surface area contributed by atoms with Crippen molar-refractivity contribution in [1.29, 1.82) is 0 Å². The van der Waals surface area contributed by atoms with Crippen molar-refractivity contribution in [3.8, 4) is 5.75 Å². The number of carbonyl (C=O) groups excluding carboxylic acids is 2. The Morgan fingerprint density at radius 2 is 1.97 bits per heavy atom. The topological polar surface area (TPSA) is 76.1 Å². The van der Waals surface area contributed by atoms with Gasteiger partial charge in [-0.15, -0.1) is 11.3 Å². The van der Waals surface area contributed by atoms with Gasteiger partial charge < -0.3 is 19.5 Å². The number of rotatable bonds is 10. The summed E-state index contributed by atoms with van der Waals surface area (Å²) >= 11 is 1.28. The number of hydrogen-bond donors (Lipinski definition) is 1. The molecule has 0 spiro atoms. The number of ketones is 1. The number of amides is 1. The SMILES string of the molecule is CCCCOc1ccc(C2C(C(=O)c3cccs3)=C(O)C(=O)N2CCOC)cc1. The van der Waals surface area contributed by atoms with E-state index in [-0.39, 0.29) is 17.9 Å². The molecule has 1 N–H and O–H groups in total. The highest BCUT2D eigenvalue weighted by Gasteiger charge is 2.43. The Hall–Kier alpha value is -2.64. The summed E-state index contributed by atoms with van der Waals surface area (Å²) < 4.78 is 10.8. The highest BCUT2D eigenvalue weighted by atomic mass is 32.1. The fraction of sp³-hybridized carbons (Fsp3) is 0.364. The Bertz CT molecular complexity index is 873. The van der Waals surface area contributed by atoms with Gasteiger partial charge in [-0.2, -0.15) is 0 Å². The van der Waals surface area contributed by atoms with Gasteiger partial charge in [0, 0.05) is 13.7 Å². The zero-order valence-electron chi connectivity index (χ0n) is 16.6.